The number of nitrogens with two attached hydrogens (primary N) is 1. The lowest BCUT2D eigenvalue weighted by atomic mass is 9.81. The van der Waals surface area contributed by atoms with Crippen LogP contribution in [0.25, 0.3) is 22.5 Å². The number of halogens is 4. The number of carboxylic acid groups (broad SMARTS) is 1. The summed E-state index contributed by atoms with van der Waals surface area (Å²) in [6, 6.07) is 17.8. The second-order valence-corrected chi connectivity index (χ2v) is 15.9. The number of hydrogen-bond acceptors (Lipinski definition) is 8. The van der Waals surface area contributed by atoms with Crippen molar-refractivity contribution < 1.29 is 41.8 Å². The molecule has 1 atom stereocenters. The number of carboxylic acids is 1. The Morgan fingerprint density at radius 3 is 2.17 bits per heavy atom. The lowest BCUT2D eigenvalue weighted by Crippen LogP contribution is -2.48. The first kappa shape index (κ1) is 43.9. The predicted octanol–water partition coefficient (Wildman–Crippen LogP) is 5.76. The van der Waals surface area contributed by atoms with Crippen LogP contribution in [0.5, 0.6) is 0 Å². The molecule has 13 nitrogen and oxygen atoms in total. The molecule has 0 radical (unpaired) electrons. The fourth-order valence-electron chi connectivity index (χ4n) is 7.70. The van der Waals surface area contributed by atoms with Crippen LogP contribution in [0.2, 0.25) is 0 Å². The molecular weight excluding hydrogens is 785 g/mol. The zero-order valence-electron chi connectivity index (χ0n) is 33.4. The number of nitrogens with zero attached hydrogens (tertiary/aromatic N) is 3. The molecule has 1 aliphatic carbocycles. The molecule has 2 aliphatic rings. The van der Waals surface area contributed by atoms with E-state index in [1.807, 2.05) is 49.4 Å². The molecule has 3 aromatic carbocycles. The second kappa shape index (κ2) is 18.7. The minimum atomic E-state index is -5.44. The van der Waals surface area contributed by atoms with Crippen molar-refractivity contribution >= 4 is 29.4 Å². The molecule has 60 heavy (non-hydrogen) atoms. The molecule has 1 aliphatic heterocycles. The maximum absolute atomic E-state index is 14.3. The Bertz CT molecular complexity index is 2150. The van der Waals surface area contributed by atoms with E-state index in [1.165, 1.54) is 24.3 Å². The number of aromatic nitrogens is 3. The topological polar surface area (TPSA) is 195 Å². The van der Waals surface area contributed by atoms with Crippen LogP contribution in [0.15, 0.2) is 66.7 Å². The van der Waals surface area contributed by atoms with Gasteiger partial charge >= 0.3 is 17.8 Å². The summed E-state index contributed by atoms with van der Waals surface area (Å²) < 4.78 is 55.9. The summed E-state index contributed by atoms with van der Waals surface area (Å²) in [7, 11) is 2.11. The molecule has 17 heteroatoms. The largest absolute Gasteiger partial charge is 0.477 e. The van der Waals surface area contributed by atoms with Crippen molar-refractivity contribution in [3.63, 3.8) is 0 Å². The van der Waals surface area contributed by atoms with Gasteiger partial charge in [0.15, 0.2) is 5.82 Å². The van der Waals surface area contributed by atoms with Crippen molar-refractivity contribution in [1.29, 1.82) is 0 Å². The van der Waals surface area contributed by atoms with Crippen LogP contribution in [-0.4, -0.2) is 94.1 Å². The van der Waals surface area contributed by atoms with Gasteiger partial charge in [-0.05, 0) is 143 Å². The zero-order valence-corrected chi connectivity index (χ0v) is 33.4. The number of benzene rings is 3. The van der Waals surface area contributed by atoms with E-state index < -0.39 is 41.4 Å². The Hall–Kier alpha value is -5.68. The van der Waals surface area contributed by atoms with Crippen LogP contribution >= 0.6 is 0 Å². The van der Waals surface area contributed by atoms with E-state index >= 15 is 0 Å². The Morgan fingerprint density at radius 2 is 1.55 bits per heavy atom. The minimum absolute atomic E-state index is 0.103. The predicted molar refractivity (Wildman–Crippen MR) is 216 cm³/mol. The Morgan fingerprint density at radius 1 is 0.900 bits per heavy atom. The van der Waals surface area contributed by atoms with Gasteiger partial charge in [-0.1, -0.05) is 30.3 Å². The summed E-state index contributed by atoms with van der Waals surface area (Å²) >= 11 is 0. The first-order chi connectivity index (χ1) is 28.5. The van der Waals surface area contributed by atoms with E-state index in [2.05, 4.69) is 38.0 Å². The number of carbonyl (C=O) groups is 4. The molecule has 320 valence electrons. The van der Waals surface area contributed by atoms with Crippen LogP contribution in [0.4, 0.5) is 23.2 Å². The van der Waals surface area contributed by atoms with E-state index in [4.69, 9.17) is 10.8 Å². The molecule has 7 N–H and O–H groups in total. The second-order valence-electron chi connectivity index (χ2n) is 15.9. The zero-order chi connectivity index (χ0) is 43.2. The minimum Gasteiger partial charge on any atom is -0.477 e. The van der Waals surface area contributed by atoms with Crippen LogP contribution in [0.3, 0.4) is 0 Å². The first-order valence-electron chi connectivity index (χ1n) is 20.1. The number of alkyl halides is 4. The normalized spacial score (nSPS) is 18.4. The molecule has 1 saturated heterocycles. The number of aryl methyl sites for hydroxylation is 1. The molecule has 2 heterocycles. The monoisotopic (exact) mass is 834 g/mol. The van der Waals surface area contributed by atoms with E-state index in [-0.39, 0.29) is 35.4 Å². The number of H-pyrrole nitrogens is 1. The summed E-state index contributed by atoms with van der Waals surface area (Å²) in [5.41, 5.74) is 10.4. The number of rotatable bonds is 15. The third-order valence-electron chi connectivity index (χ3n) is 11.6. The standard InChI is InChI=1S/C43H50F4N8O5/c1-25-21-32(37(56)49-24-28-17-19-55(2)20-18-28)13-16-34(25)29-7-3-26(4-8-29)22-35(51-38(57)31-9-5-27(23-48)6-10-31)39(58)50-33-14-11-30(12-15-33)36-52-40(54-53-36)42(44,45)43(46,47)41(59)60/h3-4,7-8,11-16,21,27-28,31,35H,5-6,9-10,17-20,22-24,48H2,1-2H3,(H,49,56)(H,50,58)(H,51,57)(H,59,60)(H,52,53,54). The van der Waals surface area contributed by atoms with Gasteiger partial charge < -0.3 is 31.7 Å². The number of carbonyl (C=O) groups excluding carboxylic acids is 3. The summed E-state index contributed by atoms with van der Waals surface area (Å²) in [4.78, 5) is 56.7. The third kappa shape index (κ3) is 10.2. The molecule has 1 unspecified atom stereocenters. The highest BCUT2D eigenvalue weighted by molar-refractivity contribution is 5.98. The number of piperidine rings is 1. The van der Waals surface area contributed by atoms with Crippen LogP contribution in [0, 0.1) is 24.7 Å². The summed E-state index contributed by atoms with van der Waals surface area (Å²) in [6.07, 6.45) is 5.20. The molecule has 0 bridgehead atoms. The quantitative estimate of drug-likeness (QED) is 0.0808. The third-order valence-corrected chi connectivity index (χ3v) is 11.6. The van der Waals surface area contributed by atoms with E-state index in [0.29, 0.717) is 43.3 Å². The highest BCUT2D eigenvalue weighted by Crippen LogP contribution is 2.42. The molecular formula is C43H50F4N8O5. The van der Waals surface area contributed by atoms with Crippen molar-refractivity contribution in [3.05, 3.63) is 89.2 Å². The van der Waals surface area contributed by atoms with Gasteiger partial charge in [0, 0.05) is 35.7 Å². The lowest BCUT2D eigenvalue weighted by Gasteiger charge is -2.28. The summed E-state index contributed by atoms with van der Waals surface area (Å²) in [5.74, 6) is -16.0. The van der Waals surface area contributed by atoms with Gasteiger partial charge in [-0.2, -0.15) is 22.7 Å². The number of nitrogens with one attached hydrogen (secondary N) is 4. The average Bonchev–Trinajstić information content (AvgIpc) is 3.75. The maximum Gasteiger partial charge on any atom is 0.411 e. The van der Waals surface area contributed by atoms with Crippen LogP contribution in [0.1, 0.15) is 65.8 Å². The SMILES string of the molecule is Cc1cc(C(=O)NCC2CCN(C)CC2)ccc1-c1ccc(CC(NC(=O)C2CCC(CN)CC2)C(=O)Nc2ccc(-c3n[nH]c(C(F)(F)C(F)(F)C(=O)O)n3)cc2)cc1. The van der Waals surface area contributed by atoms with Gasteiger partial charge in [-0.25, -0.2) is 9.78 Å². The molecule has 1 aromatic heterocycles. The summed E-state index contributed by atoms with van der Waals surface area (Å²) in [5, 5.41) is 22.6. The van der Waals surface area contributed by atoms with Crippen molar-refractivity contribution in [3.8, 4) is 22.5 Å². The highest BCUT2D eigenvalue weighted by atomic mass is 19.3. The van der Waals surface area contributed by atoms with E-state index in [1.54, 1.807) is 5.10 Å². The Balaban J connectivity index is 1.13. The highest BCUT2D eigenvalue weighted by Gasteiger charge is 2.65. The van der Waals surface area contributed by atoms with Gasteiger partial charge in [0.05, 0.1) is 0 Å². The molecule has 0 spiro atoms. The molecule has 2 fully saturated rings. The molecule has 6 rings (SSSR count). The number of aliphatic carboxylic acids is 1. The number of amides is 3. The van der Waals surface area contributed by atoms with Crippen LogP contribution in [-0.2, 0) is 26.7 Å². The van der Waals surface area contributed by atoms with E-state index in [9.17, 15) is 36.7 Å². The van der Waals surface area contributed by atoms with Gasteiger partial charge in [-0.3, -0.25) is 19.5 Å². The fourth-order valence-corrected chi connectivity index (χ4v) is 7.70. The fraction of sp³-hybridized carbons (Fsp3) is 0.442. The van der Waals surface area contributed by atoms with Crippen LogP contribution < -0.4 is 21.7 Å². The van der Waals surface area contributed by atoms with Crippen molar-refractivity contribution in [2.24, 2.45) is 23.5 Å². The number of anilines is 1. The van der Waals surface area contributed by atoms with Gasteiger partial charge in [0.2, 0.25) is 17.6 Å². The average molecular weight is 835 g/mol. The molecule has 4 aromatic rings. The van der Waals surface area contributed by atoms with Crippen molar-refractivity contribution in [2.75, 3.05) is 38.5 Å². The Labute approximate surface area is 344 Å². The van der Waals surface area contributed by atoms with Crippen molar-refractivity contribution in [1.82, 2.24) is 30.7 Å². The number of hydrogen-bond donors (Lipinski definition) is 6. The molecule has 1 saturated carbocycles. The molecule has 3 amide bonds. The smallest absolute Gasteiger partial charge is 0.411 e. The number of likely N-dealkylation sites (tertiary alicyclic amines) is 1. The first-order valence-corrected chi connectivity index (χ1v) is 20.1. The van der Waals surface area contributed by atoms with Gasteiger partial charge in [-0.15, -0.1) is 0 Å². The lowest BCUT2D eigenvalue weighted by molar-refractivity contribution is -0.231. The summed E-state index contributed by atoms with van der Waals surface area (Å²) in [6.45, 7) is 5.21. The van der Waals surface area contributed by atoms with Gasteiger partial charge in [0.1, 0.15) is 6.04 Å². The Kier molecular flexibility index (Phi) is 13.7. The van der Waals surface area contributed by atoms with E-state index in [0.717, 1.165) is 61.0 Å². The number of aromatic amines is 1. The van der Waals surface area contributed by atoms with Crippen molar-refractivity contribution in [2.45, 2.75) is 69.8 Å². The maximum atomic E-state index is 14.3. The van der Waals surface area contributed by atoms with Gasteiger partial charge in [0.25, 0.3) is 5.91 Å².